The van der Waals surface area contributed by atoms with Gasteiger partial charge in [-0.1, -0.05) is 67.0 Å². The first-order chi connectivity index (χ1) is 11.3. The van der Waals surface area contributed by atoms with Gasteiger partial charge in [-0.25, -0.2) is 0 Å². The van der Waals surface area contributed by atoms with E-state index in [0.29, 0.717) is 5.69 Å². The maximum absolute atomic E-state index is 12.3. The molecule has 0 unspecified atom stereocenters. The van der Waals surface area contributed by atoms with Gasteiger partial charge in [0.2, 0.25) is 0 Å². The van der Waals surface area contributed by atoms with Crippen molar-refractivity contribution in [3.8, 4) is 6.07 Å². The SMILES string of the molecule is CC(C)(C)c1ccc(/C=C(/C#N)C(=O)Nc2cccc(Br)c2)cc1. The molecule has 0 aromatic heterocycles. The first-order valence-corrected chi connectivity index (χ1v) is 8.38. The average Bonchev–Trinajstić information content (AvgIpc) is 2.52. The number of hydrogen-bond acceptors (Lipinski definition) is 2. The number of halogens is 1. The zero-order chi connectivity index (χ0) is 17.7. The van der Waals surface area contributed by atoms with Gasteiger partial charge in [0.05, 0.1) is 0 Å². The van der Waals surface area contributed by atoms with Crippen LogP contribution in [-0.4, -0.2) is 5.91 Å². The zero-order valence-electron chi connectivity index (χ0n) is 13.9. The van der Waals surface area contributed by atoms with E-state index < -0.39 is 5.91 Å². The highest BCUT2D eigenvalue weighted by atomic mass is 79.9. The molecule has 0 saturated carbocycles. The summed E-state index contributed by atoms with van der Waals surface area (Å²) in [6.07, 6.45) is 1.60. The highest BCUT2D eigenvalue weighted by Gasteiger charge is 2.13. The van der Waals surface area contributed by atoms with Crippen LogP contribution in [0, 0.1) is 11.3 Å². The fourth-order valence-corrected chi connectivity index (χ4v) is 2.56. The summed E-state index contributed by atoms with van der Waals surface area (Å²) in [5.41, 5.74) is 2.80. The standard InChI is InChI=1S/C20H19BrN2O/c1-20(2,3)16-9-7-14(8-10-16)11-15(13-22)19(24)23-18-6-4-5-17(21)12-18/h4-12H,1-3H3,(H,23,24)/b15-11-. The van der Waals surface area contributed by atoms with Crippen LogP contribution < -0.4 is 5.32 Å². The van der Waals surface area contributed by atoms with E-state index in [1.165, 1.54) is 5.56 Å². The zero-order valence-corrected chi connectivity index (χ0v) is 15.5. The molecule has 4 heteroatoms. The maximum Gasteiger partial charge on any atom is 0.266 e. The molecule has 3 nitrogen and oxygen atoms in total. The minimum absolute atomic E-state index is 0.0678. The van der Waals surface area contributed by atoms with Gasteiger partial charge in [0.1, 0.15) is 11.6 Å². The number of carbonyl (C=O) groups excluding carboxylic acids is 1. The third-order valence-electron chi connectivity index (χ3n) is 3.54. The third-order valence-corrected chi connectivity index (χ3v) is 4.03. The molecule has 2 rings (SSSR count). The van der Waals surface area contributed by atoms with Gasteiger partial charge in [0.15, 0.2) is 0 Å². The second-order valence-corrected chi connectivity index (χ2v) is 7.42. The molecule has 1 amide bonds. The van der Waals surface area contributed by atoms with Crippen molar-refractivity contribution in [2.45, 2.75) is 26.2 Å². The Balaban J connectivity index is 2.19. The molecular formula is C20H19BrN2O. The number of carbonyl (C=O) groups is 1. The predicted molar refractivity (Wildman–Crippen MR) is 102 cm³/mol. The topological polar surface area (TPSA) is 52.9 Å². The molecule has 122 valence electrons. The van der Waals surface area contributed by atoms with Crippen molar-refractivity contribution in [1.29, 1.82) is 5.26 Å². The minimum Gasteiger partial charge on any atom is -0.321 e. The quantitative estimate of drug-likeness (QED) is 0.578. The average molecular weight is 383 g/mol. The van der Waals surface area contributed by atoms with Gasteiger partial charge in [-0.2, -0.15) is 5.26 Å². The monoisotopic (exact) mass is 382 g/mol. The highest BCUT2D eigenvalue weighted by molar-refractivity contribution is 9.10. The number of amides is 1. The van der Waals surface area contributed by atoms with Gasteiger partial charge >= 0.3 is 0 Å². The van der Waals surface area contributed by atoms with Gasteiger partial charge < -0.3 is 5.32 Å². The summed E-state index contributed by atoms with van der Waals surface area (Å²) in [6, 6.07) is 17.1. The predicted octanol–water partition coefficient (Wildman–Crippen LogP) is 5.29. The Hall–Kier alpha value is -2.38. The van der Waals surface area contributed by atoms with E-state index in [1.807, 2.05) is 42.5 Å². The van der Waals surface area contributed by atoms with Crippen molar-refractivity contribution in [2.75, 3.05) is 5.32 Å². The van der Waals surface area contributed by atoms with Crippen LogP contribution in [0.15, 0.2) is 58.6 Å². The summed E-state index contributed by atoms with van der Waals surface area (Å²) >= 11 is 3.35. The molecular weight excluding hydrogens is 364 g/mol. The summed E-state index contributed by atoms with van der Waals surface area (Å²) in [5.74, 6) is -0.421. The Morgan fingerprint density at radius 3 is 2.38 bits per heavy atom. The van der Waals surface area contributed by atoms with Crippen molar-refractivity contribution in [1.82, 2.24) is 0 Å². The highest BCUT2D eigenvalue weighted by Crippen LogP contribution is 2.23. The van der Waals surface area contributed by atoms with Gasteiger partial charge in [-0.15, -0.1) is 0 Å². The molecule has 24 heavy (non-hydrogen) atoms. The third kappa shape index (κ3) is 4.81. The van der Waals surface area contributed by atoms with Crippen molar-refractivity contribution in [3.05, 3.63) is 69.7 Å². The Bertz CT molecular complexity index is 809. The number of hydrogen-bond donors (Lipinski definition) is 1. The van der Waals surface area contributed by atoms with Crippen LogP contribution in [0.4, 0.5) is 5.69 Å². The van der Waals surface area contributed by atoms with Crippen LogP contribution in [-0.2, 0) is 10.2 Å². The van der Waals surface area contributed by atoms with E-state index in [4.69, 9.17) is 0 Å². The van der Waals surface area contributed by atoms with Crippen molar-refractivity contribution < 1.29 is 4.79 Å². The first-order valence-electron chi connectivity index (χ1n) is 7.59. The van der Waals surface area contributed by atoms with Crippen LogP contribution in [0.25, 0.3) is 6.08 Å². The number of nitrogens with one attached hydrogen (secondary N) is 1. The molecule has 1 N–H and O–H groups in total. The summed E-state index contributed by atoms with van der Waals surface area (Å²) in [5, 5.41) is 12.0. The van der Waals surface area contributed by atoms with E-state index in [2.05, 4.69) is 42.0 Å². The lowest BCUT2D eigenvalue weighted by atomic mass is 9.86. The van der Waals surface area contributed by atoms with Gasteiger partial charge in [-0.05, 0) is 40.8 Å². The van der Waals surface area contributed by atoms with Crippen LogP contribution in [0.2, 0.25) is 0 Å². The van der Waals surface area contributed by atoms with Crippen molar-refractivity contribution in [2.24, 2.45) is 0 Å². The number of nitrogens with zero attached hydrogens (tertiary/aromatic N) is 1. The van der Waals surface area contributed by atoms with Crippen LogP contribution in [0.3, 0.4) is 0 Å². The van der Waals surface area contributed by atoms with E-state index in [0.717, 1.165) is 10.0 Å². The number of nitriles is 1. The second-order valence-electron chi connectivity index (χ2n) is 6.51. The van der Waals surface area contributed by atoms with E-state index >= 15 is 0 Å². The summed E-state index contributed by atoms with van der Waals surface area (Å²) in [7, 11) is 0. The summed E-state index contributed by atoms with van der Waals surface area (Å²) < 4.78 is 0.862. The van der Waals surface area contributed by atoms with E-state index in [9.17, 15) is 10.1 Å². The Morgan fingerprint density at radius 2 is 1.83 bits per heavy atom. The number of benzene rings is 2. The molecule has 0 fully saturated rings. The minimum atomic E-state index is -0.421. The van der Waals surface area contributed by atoms with Crippen LogP contribution in [0.5, 0.6) is 0 Å². The van der Waals surface area contributed by atoms with Gasteiger partial charge in [0, 0.05) is 10.2 Å². The molecule has 0 aliphatic rings. The first kappa shape index (κ1) is 18.0. The maximum atomic E-state index is 12.3. The molecule has 0 spiro atoms. The van der Waals surface area contributed by atoms with E-state index in [1.54, 1.807) is 18.2 Å². The van der Waals surface area contributed by atoms with Crippen molar-refractivity contribution in [3.63, 3.8) is 0 Å². The smallest absolute Gasteiger partial charge is 0.266 e. The summed E-state index contributed by atoms with van der Waals surface area (Å²) in [6.45, 7) is 6.43. The lowest BCUT2D eigenvalue weighted by Crippen LogP contribution is -2.13. The van der Waals surface area contributed by atoms with Crippen LogP contribution >= 0.6 is 15.9 Å². The largest absolute Gasteiger partial charge is 0.321 e. The fraction of sp³-hybridized carbons (Fsp3) is 0.200. The van der Waals surface area contributed by atoms with Crippen molar-refractivity contribution >= 4 is 33.6 Å². The molecule has 2 aromatic carbocycles. The molecule has 0 bridgehead atoms. The lowest BCUT2D eigenvalue weighted by molar-refractivity contribution is -0.112. The molecule has 0 heterocycles. The normalized spacial score (nSPS) is 11.7. The fourth-order valence-electron chi connectivity index (χ4n) is 2.16. The second kappa shape index (κ2) is 7.46. The lowest BCUT2D eigenvalue weighted by Gasteiger charge is -2.18. The molecule has 0 saturated heterocycles. The number of anilines is 1. The Morgan fingerprint density at radius 1 is 1.17 bits per heavy atom. The molecule has 0 aliphatic heterocycles. The van der Waals surface area contributed by atoms with Gasteiger partial charge in [-0.3, -0.25) is 4.79 Å². The molecule has 0 aliphatic carbocycles. The molecule has 0 atom stereocenters. The molecule has 0 radical (unpaired) electrons. The molecule has 2 aromatic rings. The van der Waals surface area contributed by atoms with Crippen LogP contribution in [0.1, 0.15) is 31.9 Å². The van der Waals surface area contributed by atoms with Gasteiger partial charge in [0.25, 0.3) is 5.91 Å². The number of rotatable bonds is 3. The Kier molecular flexibility index (Phi) is 5.58. The Labute approximate surface area is 151 Å². The summed E-state index contributed by atoms with van der Waals surface area (Å²) in [4.78, 5) is 12.3. The van der Waals surface area contributed by atoms with E-state index in [-0.39, 0.29) is 11.0 Å².